The van der Waals surface area contributed by atoms with E-state index in [9.17, 15) is 4.79 Å². The van der Waals surface area contributed by atoms with E-state index in [2.05, 4.69) is 33.3 Å². The van der Waals surface area contributed by atoms with Crippen molar-refractivity contribution in [3.05, 3.63) is 46.3 Å². The number of anilines is 1. The number of nitrogens with zero attached hydrogens (tertiary/aromatic N) is 2. The summed E-state index contributed by atoms with van der Waals surface area (Å²) in [6.45, 7) is 2.84. The highest BCUT2D eigenvalue weighted by molar-refractivity contribution is 9.10. The summed E-state index contributed by atoms with van der Waals surface area (Å²) in [6.07, 6.45) is 3.79. The number of likely N-dealkylation sites (tertiary alicyclic amines) is 1. The maximum absolute atomic E-state index is 12.6. The van der Waals surface area contributed by atoms with Crippen molar-refractivity contribution in [1.82, 2.24) is 10.1 Å². The maximum atomic E-state index is 12.6. The van der Waals surface area contributed by atoms with Gasteiger partial charge in [-0.3, -0.25) is 0 Å². The molecular weight excluding hydrogens is 358 g/mol. The minimum absolute atomic E-state index is 0.00755. The smallest absolute Gasteiger partial charge is 0.322 e. The van der Waals surface area contributed by atoms with Crippen LogP contribution >= 0.6 is 15.9 Å². The van der Waals surface area contributed by atoms with E-state index in [1.807, 2.05) is 35.2 Å². The lowest BCUT2D eigenvalue weighted by atomic mass is 10.1. The number of urea groups is 1. The predicted octanol–water partition coefficient (Wildman–Crippen LogP) is 4.76. The number of para-hydroxylation sites is 1. The normalized spacial score (nSPS) is 17.5. The van der Waals surface area contributed by atoms with Crippen LogP contribution in [0.4, 0.5) is 10.5 Å². The number of aryl methyl sites for hydroxylation is 1. The maximum Gasteiger partial charge on any atom is 0.322 e. The van der Waals surface area contributed by atoms with E-state index in [0.29, 0.717) is 0 Å². The second-order valence-electron chi connectivity index (χ2n) is 5.73. The molecule has 1 aliphatic heterocycles. The van der Waals surface area contributed by atoms with Gasteiger partial charge in [0, 0.05) is 23.5 Å². The molecule has 1 aromatic heterocycles. The molecule has 0 aliphatic carbocycles. The predicted molar refractivity (Wildman–Crippen MR) is 92.3 cm³/mol. The highest BCUT2D eigenvalue weighted by Crippen LogP contribution is 2.32. The number of halogens is 1. The van der Waals surface area contributed by atoms with Gasteiger partial charge in [0.2, 0.25) is 0 Å². The molecule has 1 fully saturated rings. The number of rotatable bonds is 4. The monoisotopic (exact) mass is 377 g/mol. The van der Waals surface area contributed by atoms with Crippen LogP contribution in [0.2, 0.25) is 0 Å². The molecule has 1 aromatic carbocycles. The van der Waals surface area contributed by atoms with Gasteiger partial charge in [-0.1, -0.05) is 24.2 Å². The van der Waals surface area contributed by atoms with Gasteiger partial charge in [-0.05, 0) is 47.3 Å². The van der Waals surface area contributed by atoms with Gasteiger partial charge in [-0.15, -0.1) is 0 Å². The molecule has 0 radical (unpaired) electrons. The summed E-state index contributed by atoms with van der Waals surface area (Å²) in [5.74, 6) is 0.889. The number of carbonyl (C=O) groups is 1. The lowest BCUT2D eigenvalue weighted by Crippen LogP contribution is -2.34. The van der Waals surface area contributed by atoms with Crippen LogP contribution in [-0.4, -0.2) is 22.6 Å². The highest BCUT2D eigenvalue weighted by Gasteiger charge is 2.32. The van der Waals surface area contributed by atoms with Gasteiger partial charge in [0.25, 0.3) is 0 Å². The molecule has 2 heterocycles. The zero-order valence-corrected chi connectivity index (χ0v) is 14.7. The Morgan fingerprint density at radius 2 is 2.30 bits per heavy atom. The van der Waals surface area contributed by atoms with Crippen LogP contribution in [0.15, 0.2) is 39.3 Å². The SMILES string of the molecule is CCCc1cc([C@H]2CCCN2C(=O)Nc2ccccc2Br)no1. The van der Waals surface area contributed by atoms with Gasteiger partial charge in [-0.2, -0.15) is 0 Å². The van der Waals surface area contributed by atoms with Gasteiger partial charge in [0.15, 0.2) is 0 Å². The van der Waals surface area contributed by atoms with E-state index >= 15 is 0 Å². The van der Waals surface area contributed by atoms with Crippen LogP contribution in [0.25, 0.3) is 0 Å². The van der Waals surface area contributed by atoms with Crippen molar-refractivity contribution >= 4 is 27.6 Å². The number of benzene rings is 1. The number of amides is 2. The van der Waals surface area contributed by atoms with Crippen molar-refractivity contribution in [2.75, 3.05) is 11.9 Å². The van der Waals surface area contributed by atoms with Crippen molar-refractivity contribution in [1.29, 1.82) is 0 Å². The Morgan fingerprint density at radius 1 is 1.48 bits per heavy atom. The summed E-state index contributed by atoms with van der Waals surface area (Å²) < 4.78 is 6.24. The fourth-order valence-electron chi connectivity index (χ4n) is 2.92. The van der Waals surface area contributed by atoms with E-state index in [0.717, 1.165) is 53.8 Å². The van der Waals surface area contributed by atoms with Crippen LogP contribution in [0, 0.1) is 0 Å². The number of nitrogens with one attached hydrogen (secondary N) is 1. The van der Waals surface area contributed by atoms with Gasteiger partial charge >= 0.3 is 6.03 Å². The highest BCUT2D eigenvalue weighted by atomic mass is 79.9. The molecule has 0 spiro atoms. The first-order chi connectivity index (χ1) is 11.2. The minimum Gasteiger partial charge on any atom is -0.361 e. The summed E-state index contributed by atoms with van der Waals surface area (Å²) in [6, 6.07) is 9.48. The van der Waals surface area contributed by atoms with Crippen LogP contribution in [0.5, 0.6) is 0 Å². The molecule has 0 bridgehead atoms. The fourth-order valence-corrected chi connectivity index (χ4v) is 3.30. The average Bonchev–Trinajstić information content (AvgIpc) is 3.18. The molecule has 2 amide bonds. The van der Waals surface area contributed by atoms with Crippen molar-refractivity contribution in [3.8, 4) is 0 Å². The third-order valence-electron chi connectivity index (χ3n) is 4.04. The Labute approximate surface area is 144 Å². The van der Waals surface area contributed by atoms with E-state index in [1.165, 1.54) is 0 Å². The van der Waals surface area contributed by atoms with E-state index in [1.54, 1.807) is 0 Å². The molecule has 1 saturated heterocycles. The summed E-state index contributed by atoms with van der Waals surface area (Å²) in [4.78, 5) is 14.5. The number of hydrogen-bond acceptors (Lipinski definition) is 3. The first-order valence-corrected chi connectivity index (χ1v) is 8.76. The van der Waals surface area contributed by atoms with Crippen LogP contribution in [0.3, 0.4) is 0 Å². The largest absolute Gasteiger partial charge is 0.361 e. The van der Waals surface area contributed by atoms with Gasteiger partial charge < -0.3 is 14.7 Å². The van der Waals surface area contributed by atoms with E-state index in [4.69, 9.17) is 4.52 Å². The zero-order valence-electron chi connectivity index (χ0n) is 13.1. The van der Waals surface area contributed by atoms with Crippen molar-refractivity contribution in [2.45, 2.75) is 38.6 Å². The van der Waals surface area contributed by atoms with Gasteiger partial charge in [-0.25, -0.2) is 4.79 Å². The Bertz CT molecular complexity index is 686. The summed E-state index contributed by atoms with van der Waals surface area (Å²) in [5.41, 5.74) is 1.63. The third-order valence-corrected chi connectivity index (χ3v) is 4.74. The molecular formula is C17H20BrN3O2. The van der Waals surface area contributed by atoms with Gasteiger partial charge in [0.05, 0.1) is 11.7 Å². The first kappa shape index (κ1) is 16.1. The van der Waals surface area contributed by atoms with E-state index in [-0.39, 0.29) is 12.1 Å². The average molecular weight is 378 g/mol. The lowest BCUT2D eigenvalue weighted by Gasteiger charge is -2.23. The molecule has 2 aromatic rings. The zero-order chi connectivity index (χ0) is 16.2. The van der Waals surface area contributed by atoms with Crippen molar-refractivity contribution in [2.24, 2.45) is 0 Å². The molecule has 0 unspecified atom stereocenters. The fraction of sp³-hybridized carbons (Fsp3) is 0.412. The van der Waals surface area contributed by atoms with Crippen molar-refractivity contribution in [3.63, 3.8) is 0 Å². The van der Waals surface area contributed by atoms with E-state index < -0.39 is 0 Å². The quantitative estimate of drug-likeness (QED) is 0.835. The summed E-state index contributed by atoms with van der Waals surface area (Å²) in [5, 5.41) is 7.13. The number of hydrogen-bond donors (Lipinski definition) is 1. The topological polar surface area (TPSA) is 58.4 Å². The third kappa shape index (κ3) is 3.58. The Hall–Kier alpha value is -1.82. The molecule has 6 heteroatoms. The second-order valence-corrected chi connectivity index (χ2v) is 6.58. The molecule has 1 aliphatic rings. The molecule has 1 N–H and O–H groups in total. The summed E-state index contributed by atoms with van der Waals surface area (Å²) in [7, 11) is 0. The van der Waals surface area contributed by atoms with Gasteiger partial charge in [0.1, 0.15) is 11.5 Å². The molecule has 122 valence electrons. The Balaban J connectivity index is 1.73. The Morgan fingerprint density at radius 3 is 3.09 bits per heavy atom. The molecule has 23 heavy (non-hydrogen) atoms. The van der Waals surface area contributed by atoms with Crippen molar-refractivity contribution < 1.29 is 9.32 Å². The van der Waals surface area contributed by atoms with Crippen LogP contribution in [0.1, 0.15) is 43.7 Å². The van der Waals surface area contributed by atoms with Crippen LogP contribution < -0.4 is 5.32 Å². The molecule has 3 rings (SSSR count). The minimum atomic E-state index is -0.0977. The second kappa shape index (κ2) is 7.17. The number of carbonyl (C=O) groups excluding carboxylic acids is 1. The Kier molecular flexibility index (Phi) is 5.00. The molecule has 5 nitrogen and oxygen atoms in total. The van der Waals surface area contributed by atoms with Crippen LogP contribution in [-0.2, 0) is 6.42 Å². The first-order valence-electron chi connectivity index (χ1n) is 7.96. The molecule has 1 atom stereocenters. The standard InChI is InChI=1S/C17H20BrN3O2/c1-2-6-12-11-15(20-23-12)16-9-5-10-21(16)17(22)19-14-8-4-3-7-13(14)18/h3-4,7-8,11,16H,2,5-6,9-10H2,1H3,(H,19,22)/t16-/m1/s1. The summed E-state index contributed by atoms with van der Waals surface area (Å²) >= 11 is 3.45. The molecule has 0 saturated carbocycles. The number of aromatic nitrogens is 1. The lowest BCUT2D eigenvalue weighted by molar-refractivity contribution is 0.204.